The van der Waals surface area contributed by atoms with E-state index in [-0.39, 0.29) is 23.7 Å². The second-order valence-corrected chi connectivity index (χ2v) is 6.42. The van der Waals surface area contributed by atoms with E-state index in [2.05, 4.69) is 10.4 Å². The van der Waals surface area contributed by atoms with Gasteiger partial charge in [-0.25, -0.2) is 4.68 Å². The topological polar surface area (TPSA) is 56.1 Å². The monoisotopic (exact) mass is 367 g/mol. The quantitative estimate of drug-likeness (QED) is 0.900. The van der Waals surface area contributed by atoms with Crippen molar-refractivity contribution in [3.63, 3.8) is 0 Å². The first-order valence-corrected chi connectivity index (χ1v) is 8.42. The van der Waals surface area contributed by atoms with Gasteiger partial charge in [0.25, 0.3) is 5.91 Å². The van der Waals surface area contributed by atoms with Crippen LogP contribution in [0.15, 0.2) is 30.5 Å². The highest BCUT2D eigenvalue weighted by Crippen LogP contribution is 2.30. The third-order valence-corrected chi connectivity index (χ3v) is 4.55. The van der Waals surface area contributed by atoms with E-state index in [0.29, 0.717) is 17.9 Å². The standard InChI is InChI=1S/C18H20F3N3O2/c1-11(16-7-4-8-26-16)23-17(25)15-10-22-24(12(15)2)14-6-3-5-13(9-14)18(19,20)21/h3,5-6,9-11,16H,4,7-8H2,1-2H3,(H,23,25)/t11-,16-/m1/s1. The second-order valence-electron chi connectivity index (χ2n) is 6.42. The van der Waals surface area contributed by atoms with Crippen molar-refractivity contribution in [2.24, 2.45) is 0 Å². The summed E-state index contributed by atoms with van der Waals surface area (Å²) >= 11 is 0. The third-order valence-electron chi connectivity index (χ3n) is 4.55. The summed E-state index contributed by atoms with van der Waals surface area (Å²) in [5, 5.41) is 6.97. The van der Waals surface area contributed by atoms with E-state index in [1.165, 1.54) is 23.0 Å². The molecule has 0 spiro atoms. The summed E-state index contributed by atoms with van der Waals surface area (Å²) in [5.41, 5.74) is 0.292. The molecule has 0 saturated carbocycles. The number of rotatable bonds is 4. The maximum Gasteiger partial charge on any atom is 0.416 e. The maximum atomic E-state index is 12.9. The number of hydrogen-bond acceptors (Lipinski definition) is 3. The van der Waals surface area contributed by atoms with E-state index in [9.17, 15) is 18.0 Å². The van der Waals surface area contributed by atoms with Crippen LogP contribution in [0.4, 0.5) is 13.2 Å². The molecule has 2 heterocycles. The van der Waals surface area contributed by atoms with Crippen LogP contribution >= 0.6 is 0 Å². The minimum absolute atomic E-state index is 0.0160. The molecule has 1 fully saturated rings. The molecule has 1 aliphatic heterocycles. The van der Waals surface area contributed by atoms with Gasteiger partial charge < -0.3 is 10.1 Å². The molecule has 1 N–H and O–H groups in total. The average molecular weight is 367 g/mol. The van der Waals surface area contributed by atoms with Crippen LogP contribution in [0.5, 0.6) is 0 Å². The van der Waals surface area contributed by atoms with E-state index in [1.807, 2.05) is 6.92 Å². The van der Waals surface area contributed by atoms with Gasteiger partial charge in [-0.15, -0.1) is 0 Å². The van der Waals surface area contributed by atoms with Crippen LogP contribution in [0.3, 0.4) is 0 Å². The number of carbonyl (C=O) groups is 1. The van der Waals surface area contributed by atoms with Crippen molar-refractivity contribution in [2.45, 2.75) is 45.0 Å². The summed E-state index contributed by atoms with van der Waals surface area (Å²) in [6.07, 6.45) is -1.22. The first-order chi connectivity index (χ1) is 12.3. The lowest BCUT2D eigenvalue weighted by Gasteiger charge is -2.19. The Morgan fingerprint density at radius 1 is 1.42 bits per heavy atom. The Morgan fingerprint density at radius 3 is 2.85 bits per heavy atom. The lowest BCUT2D eigenvalue weighted by molar-refractivity contribution is -0.137. The molecule has 0 aliphatic carbocycles. The fourth-order valence-electron chi connectivity index (χ4n) is 3.08. The fraction of sp³-hybridized carbons (Fsp3) is 0.444. The van der Waals surface area contributed by atoms with E-state index >= 15 is 0 Å². The number of alkyl halides is 3. The van der Waals surface area contributed by atoms with Crippen LogP contribution in [-0.4, -0.2) is 34.4 Å². The summed E-state index contributed by atoms with van der Waals surface area (Å²) in [5.74, 6) is -0.316. The molecule has 1 aliphatic rings. The number of halogens is 3. The normalized spacial score (nSPS) is 18.7. The van der Waals surface area contributed by atoms with Crippen molar-refractivity contribution in [1.82, 2.24) is 15.1 Å². The zero-order chi connectivity index (χ0) is 18.9. The van der Waals surface area contributed by atoms with Crippen molar-refractivity contribution >= 4 is 5.91 Å². The SMILES string of the molecule is Cc1c(C(=O)N[C@H](C)[C@H]2CCCO2)cnn1-c1cccc(C(F)(F)F)c1. The Balaban J connectivity index is 1.80. The van der Waals surface area contributed by atoms with Crippen LogP contribution in [0, 0.1) is 6.92 Å². The van der Waals surface area contributed by atoms with Crippen molar-refractivity contribution in [3.8, 4) is 5.69 Å². The number of aromatic nitrogens is 2. The van der Waals surface area contributed by atoms with Gasteiger partial charge in [0.1, 0.15) is 0 Å². The number of benzene rings is 1. The lowest BCUT2D eigenvalue weighted by Crippen LogP contribution is -2.40. The number of amides is 1. The summed E-state index contributed by atoms with van der Waals surface area (Å²) < 4.78 is 45.6. The molecule has 2 aromatic rings. The van der Waals surface area contributed by atoms with Crippen molar-refractivity contribution in [1.29, 1.82) is 0 Å². The predicted molar refractivity (Wildman–Crippen MR) is 89.2 cm³/mol. The highest BCUT2D eigenvalue weighted by Gasteiger charge is 2.31. The van der Waals surface area contributed by atoms with Crippen LogP contribution in [0.1, 0.15) is 41.4 Å². The third kappa shape index (κ3) is 3.75. The summed E-state index contributed by atoms with van der Waals surface area (Å²) in [7, 11) is 0. The van der Waals surface area contributed by atoms with Gasteiger partial charge in [0.15, 0.2) is 0 Å². The van der Waals surface area contributed by atoms with Gasteiger partial charge >= 0.3 is 6.18 Å². The van der Waals surface area contributed by atoms with Gasteiger partial charge in [0, 0.05) is 6.61 Å². The molecule has 0 unspecified atom stereocenters. The Hall–Kier alpha value is -2.35. The minimum atomic E-state index is -4.44. The summed E-state index contributed by atoms with van der Waals surface area (Å²) in [6.45, 7) is 4.22. The number of hydrogen-bond donors (Lipinski definition) is 1. The highest BCUT2D eigenvalue weighted by atomic mass is 19.4. The van der Waals surface area contributed by atoms with Crippen LogP contribution in [0.25, 0.3) is 5.69 Å². The van der Waals surface area contributed by atoms with Gasteiger partial charge in [-0.1, -0.05) is 6.07 Å². The largest absolute Gasteiger partial charge is 0.416 e. The molecule has 2 atom stereocenters. The highest BCUT2D eigenvalue weighted by molar-refractivity contribution is 5.95. The molecule has 1 aromatic heterocycles. The molecule has 26 heavy (non-hydrogen) atoms. The second kappa shape index (κ2) is 7.11. The minimum Gasteiger partial charge on any atom is -0.376 e. The van der Waals surface area contributed by atoms with Gasteiger partial charge in [0.05, 0.1) is 40.9 Å². The zero-order valence-corrected chi connectivity index (χ0v) is 14.5. The average Bonchev–Trinajstić information content (AvgIpc) is 3.23. The first kappa shape index (κ1) is 18.4. The Labute approximate surface area is 149 Å². The van der Waals surface area contributed by atoms with E-state index in [0.717, 1.165) is 25.0 Å². The van der Waals surface area contributed by atoms with Crippen molar-refractivity contribution < 1.29 is 22.7 Å². The van der Waals surface area contributed by atoms with E-state index < -0.39 is 11.7 Å². The predicted octanol–water partition coefficient (Wildman–Crippen LogP) is 3.50. The van der Waals surface area contributed by atoms with Crippen LogP contribution in [-0.2, 0) is 10.9 Å². The van der Waals surface area contributed by atoms with Crippen molar-refractivity contribution in [2.75, 3.05) is 6.61 Å². The van der Waals surface area contributed by atoms with Gasteiger partial charge in [-0.3, -0.25) is 4.79 Å². The van der Waals surface area contributed by atoms with Gasteiger partial charge in [0.2, 0.25) is 0 Å². The van der Waals surface area contributed by atoms with Crippen LogP contribution in [0.2, 0.25) is 0 Å². The molecule has 5 nitrogen and oxygen atoms in total. The van der Waals surface area contributed by atoms with Gasteiger partial charge in [-0.05, 0) is 44.9 Å². The maximum absolute atomic E-state index is 12.9. The molecular weight excluding hydrogens is 347 g/mol. The number of ether oxygens (including phenoxy) is 1. The van der Waals surface area contributed by atoms with Crippen molar-refractivity contribution in [3.05, 3.63) is 47.3 Å². The molecule has 0 bridgehead atoms. The Bertz CT molecular complexity index is 795. The fourth-order valence-corrected chi connectivity index (χ4v) is 3.08. The van der Waals surface area contributed by atoms with Gasteiger partial charge in [-0.2, -0.15) is 18.3 Å². The first-order valence-electron chi connectivity index (χ1n) is 8.42. The van der Waals surface area contributed by atoms with E-state index in [4.69, 9.17) is 4.74 Å². The molecule has 3 rings (SSSR count). The molecule has 0 radical (unpaired) electrons. The van der Waals surface area contributed by atoms with E-state index in [1.54, 1.807) is 6.92 Å². The number of nitrogens with zero attached hydrogens (tertiary/aromatic N) is 2. The van der Waals surface area contributed by atoms with Crippen LogP contribution < -0.4 is 5.32 Å². The molecule has 140 valence electrons. The Kier molecular flexibility index (Phi) is 5.04. The zero-order valence-electron chi connectivity index (χ0n) is 14.5. The molecule has 8 heteroatoms. The molecule has 1 saturated heterocycles. The lowest BCUT2D eigenvalue weighted by atomic mass is 10.1. The molecular formula is C18H20F3N3O2. The molecule has 1 amide bonds. The smallest absolute Gasteiger partial charge is 0.376 e. The summed E-state index contributed by atoms with van der Waals surface area (Å²) in [6, 6.07) is 4.70. The summed E-state index contributed by atoms with van der Waals surface area (Å²) in [4.78, 5) is 12.5. The Morgan fingerprint density at radius 2 is 2.19 bits per heavy atom. The number of nitrogens with one attached hydrogen (secondary N) is 1. The number of carbonyl (C=O) groups excluding carboxylic acids is 1. The molecule has 1 aromatic carbocycles.